The van der Waals surface area contributed by atoms with Gasteiger partial charge in [-0.2, -0.15) is 0 Å². The number of unbranched alkanes of at least 4 members (excludes halogenated alkanes) is 10. The van der Waals surface area contributed by atoms with Gasteiger partial charge in [-0.15, -0.1) is 0 Å². The number of imide groups is 2. The molecule has 0 unspecified atom stereocenters. The molecule has 0 fully saturated rings. The van der Waals surface area contributed by atoms with E-state index in [9.17, 15) is 0 Å². The quantitative estimate of drug-likeness (QED) is 0.0372. The Morgan fingerprint density at radius 3 is 0.771 bits per heavy atom. The molecule has 0 aromatic heterocycles. The van der Waals surface area contributed by atoms with Crippen molar-refractivity contribution in [3.63, 3.8) is 0 Å². The lowest BCUT2D eigenvalue weighted by Gasteiger charge is -2.33. The largest absolute Gasteiger partial charge is 0.274 e. The van der Waals surface area contributed by atoms with Crippen LogP contribution < -0.4 is 0 Å². The molecule has 2 heterocycles. The number of carbonyl (C=O) groups is 4. The summed E-state index contributed by atoms with van der Waals surface area (Å²) in [6.07, 6.45) is 12.4. The summed E-state index contributed by atoms with van der Waals surface area (Å²) >= 11 is 0. The lowest BCUT2D eigenvalue weighted by molar-refractivity contribution is 0.0592. The first-order valence-corrected chi connectivity index (χ1v) is 25.7. The highest BCUT2D eigenvalue weighted by molar-refractivity contribution is 6.47. The van der Waals surface area contributed by atoms with Gasteiger partial charge < -0.3 is 0 Å². The monoisotopic (exact) mass is 918 g/mol. The summed E-state index contributed by atoms with van der Waals surface area (Å²) < 4.78 is 0. The minimum atomic E-state index is -0.280. The van der Waals surface area contributed by atoms with Gasteiger partial charge in [0.15, 0.2) is 0 Å². The molecule has 0 atom stereocenters. The molecule has 0 saturated heterocycles. The van der Waals surface area contributed by atoms with E-state index in [0.29, 0.717) is 46.1 Å². The van der Waals surface area contributed by atoms with Gasteiger partial charge in [0.1, 0.15) is 0 Å². The third-order valence-electron chi connectivity index (χ3n) is 15.0. The second-order valence-electron chi connectivity index (χ2n) is 19.4. The Morgan fingerprint density at radius 2 is 0.514 bits per heavy atom. The van der Waals surface area contributed by atoms with Crippen molar-refractivity contribution in [3.05, 3.63) is 168 Å². The van der Waals surface area contributed by atoms with Gasteiger partial charge in [0, 0.05) is 56.9 Å². The van der Waals surface area contributed by atoms with E-state index in [2.05, 4.69) is 62.4 Å². The molecule has 11 rings (SSSR count). The van der Waals surface area contributed by atoms with Crippen molar-refractivity contribution in [1.82, 2.24) is 9.80 Å². The Bertz CT molecular complexity index is 3030. The summed E-state index contributed by atoms with van der Waals surface area (Å²) in [6, 6.07) is 49.0. The van der Waals surface area contributed by atoms with Gasteiger partial charge in [-0.1, -0.05) is 199 Å². The van der Waals surface area contributed by atoms with Crippen LogP contribution in [0.15, 0.2) is 146 Å². The fourth-order valence-corrected chi connectivity index (χ4v) is 11.6. The van der Waals surface area contributed by atoms with Crippen molar-refractivity contribution in [2.75, 3.05) is 13.1 Å². The SMILES string of the molecule is CCCCCCCCN1C(=O)c2cc(-c3ccccc3)c3c4c(-c5ccccc5)cc5c6c(cc(-c7ccccc7)c(c7c(-c8ccccc8)cc(c2c37)C1=O)c64)C(=O)N(CCCCCCCC)C5=O. The molecule has 0 aliphatic carbocycles. The van der Waals surface area contributed by atoms with E-state index in [0.717, 1.165) is 141 Å². The number of amides is 4. The van der Waals surface area contributed by atoms with Gasteiger partial charge in [-0.3, -0.25) is 29.0 Å². The number of hydrogen-bond donors (Lipinski definition) is 0. The van der Waals surface area contributed by atoms with Crippen molar-refractivity contribution in [1.29, 1.82) is 0 Å². The second kappa shape index (κ2) is 19.2. The van der Waals surface area contributed by atoms with Crippen LogP contribution in [0.3, 0.4) is 0 Å². The first-order valence-electron chi connectivity index (χ1n) is 25.7. The van der Waals surface area contributed by atoms with Gasteiger partial charge in [0.05, 0.1) is 0 Å². The first-order chi connectivity index (χ1) is 34.4. The van der Waals surface area contributed by atoms with E-state index < -0.39 is 0 Å². The zero-order valence-corrected chi connectivity index (χ0v) is 40.3. The number of hydrogen-bond acceptors (Lipinski definition) is 4. The van der Waals surface area contributed by atoms with E-state index in [4.69, 9.17) is 0 Å². The average molecular weight is 919 g/mol. The van der Waals surface area contributed by atoms with Crippen molar-refractivity contribution < 1.29 is 19.2 Å². The molecule has 2 aliphatic heterocycles. The van der Waals surface area contributed by atoms with Crippen molar-refractivity contribution in [2.24, 2.45) is 0 Å². The zero-order valence-electron chi connectivity index (χ0n) is 40.3. The maximum absolute atomic E-state index is 15.3. The van der Waals surface area contributed by atoms with E-state index >= 15 is 19.2 Å². The van der Waals surface area contributed by atoms with Crippen LogP contribution in [0.1, 0.15) is 132 Å². The second-order valence-corrected chi connectivity index (χ2v) is 19.4. The van der Waals surface area contributed by atoms with Gasteiger partial charge in [0.2, 0.25) is 0 Å². The first kappa shape index (κ1) is 45.0. The van der Waals surface area contributed by atoms with Crippen molar-refractivity contribution in [3.8, 4) is 44.5 Å². The molecule has 0 bridgehead atoms. The number of nitrogens with zero attached hydrogens (tertiary/aromatic N) is 2. The van der Waals surface area contributed by atoms with Crippen LogP contribution in [0.25, 0.3) is 87.6 Å². The zero-order chi connectivity index (χ0) is 47.9. The molecule has 348 valence electrons. The average Bonchev–Trinajstić information content (AvgIpc) is 3.40. The van der Waals surface area contributed by atoms with Gasteiger partial charge in [-0.25, -0.2) is 0 Å². The summed E-state index contributed by atoms with van der Waals surface area (Å²) in [5, 5.41) is 6.48. The predicted molar refractivity (Wildman–Crippen MR) is 287 cm³/mol. The fourth-order valence-electron chi connectivity index (χ4n) is 11.6. The van der Waals surface area contributed by atoms with E-state index in [1.807, 2.05) is 97.1 Å². The van der Waals surface area contributed by atoms with Crippen LogP contribution in [0.5, 0.6) is 0 Å². The molecule has 6 heteroatoms. The lowest BCUT2D eigenvalue weighted by Crippen LogP contribution is -2.41. The Labute approximate surface area is 410 Å². The Morgan fingerprint density at radius 1 is 0.271 bits per heavy atom. The predicted octanol–water partition coefficient (Wildman–Crippen LogP) is 16.3. The van der Waals surface area contributed by atoms with Crippen LogP contribution in [0, 0.1) is 0 Å². The van der Waals surface area contributed by atoms with E-state index in [-0.39, 0.29) is 23.6 Å². The third-order valence-corrected chi connectivity index (χ3v) is 15.0. The number of carbonyl (C=O) groups excluding carboxylic acids is 4. The minimum Gasteiger partial charge on any atom is -0.274 e. The normalized spacial score (nSPS) is 13.6. The number of benzene rings is 9. The van der Waals surface area contributed by atoms with Gasteiger partial charge >= 0.3 is 0 Å². The van der Waals surface area contributed by atoms with Crippen molar-refractivity contribution >= 4 is 66.7 Å². The van der Waals surface area contributed by atoms with Gasteiger partial charge in [-0.05, 0) is 103 Å². The minimum absolute atomic E-state index is 0.280. The smallest absolute Gasteiger partial charge is 0.261 e. The molecule has 70 heavy (non-hydrogen) atoms. The molecule has 0 N–H and O–H groups in total. The summed E-state index contributed by atoms with van der Waals surface area (Å²) in [6.45, 7) is 5.10. The molecule has 9 aromatic carbocycles. The fraction of sp³-hybridized carbons (Fsp3) is 0.250. The van der Waals surface area contributed by atoms with Crippen molar-refractivity contribution in [2.45, 2.75) is 90.9 Å². The van der Waals surface area contributed by atoms with Gasteiger partial charge in [0.25, 0.3) is 23.6 Å². The highest BCUT2D eigenvalue weighted by atomic mass is 16.2. The molecule has 9 aromatic rings. The Kier molecular flexibility index (Phi) is 12.3. The van der Waals surface area contributed by atoms with E-state index in [1.54, 1.807) is 0 Å². The third kappa shape index (κ3) is 7.56. The summed E-state index contributed by atoms with van der Waals surface area (Å²) in [5.74, 6) is -1.12. The number of rotatable bonds is 18. The van der Waals surface area contributed by atoms with E-state index in [1.165, 1.54) is 22.6 Å². The highest BCUT2D eigenvalue weighted by Crippen LogP contribution is 2.56. The topological polar surface area (TPSA) is 74.8 Å². The Hall–Kier alpha value is -7.44. The molecule has 4 amide bonds. The maximum atomic E-state index is 15.3. The highest BCUT2D eigenvalue weighted by Gasteiger charge is 2.40. The Balaban J connectivity index is 1.31. The van der Waals surface area contributed by atoms with Crippen LogP contribution in [-0.2, 0) is 0 Å². The molecule has 0 radical (unpaired) electrons. The molecule has 0 saturated carbocycles. The summed E-state index contributed by atoms with van der Waals surface area (Å²) in [7, 11) is 0. The molecule has 2 aliphatic rings. The maximum Gasteiger partial charge on any atom is 0.261 e. The number of fused-ring (bicyclic) bond motifs is 2. The lowest BCUT2D eigenvalue weighted by atomic mass is 9.74. The molecule has 6 nitrogen and oxygen atoms in total. The molecule has 0 spiro atoms. The summed E-state index contributed by atoms with van der Waals surface area (Å²) in [5.41, 5.74) is 9.11. The van der Waals surface area contributed by atoms with Crippen LogP contribution in [0.4, 0.5) is 0 Å². The molecular formula is C64H58N2O4. The van der Waals surface area contributed by atoms with Crippen LogP contribution >= 0.6 is 0 Å². The van der Waals surface area contributed by atoms with Crippen LogP contribution in [-0.4, -0.2) is 46.5 Å². The molecular weight excluding hydrogens is 861 g/mol. The van der Waals surface area contributed by atoms with Crippen LogP contribution in [0.2, 0.25) is 0 Å². The summed E-state index contributed by atoms with van der Waals surface area (Å²) in [4.78, 5) is 64.0. The standard InChI is InChI=1S/C64H58N2O4/c1-3-5-7-9-11-25-35-65-61(67)49-37-45(41-27-17-13-18-28-41)55-57-47(43-31-21-15-22-32-43)39-51-54-52(64(70)66(63(51)69)36-26-12-10-8-6-4-2)40-48(44-33-23-16-24-34-44)58(60(54)57)56-46(42-29-19-14-20-30-42)38-50(62(65)68)53(49)59(55)56/h13-24,27-34,37-40H,3-12,25-26,35-36H2,1-2H3.